The maximum atomic E-state index is 11.8. The summed E-state index contributed by atoms with van der Waals surface area (Å²) in [5, 5.41) is 12.3. The van der Waals surface area contributed by atoms with Crippen LogP contribution >= 0.6 is 11.8 Å². The lowest BCUT2D eigenvalue weighted by Crippen LogP contribution is -2.31. The number of aliphatic hydroxyl groups is 1. The van der Waals surface area contributed by atoms with E-state index in [0.717, 1.165) is 12.2 Å². The van der Waals surface area contributed by atoms with Crippen molar-refractivity contribution in [2.45, 2.75) is 31.6 Å². The van der Waals surface area contributed by atoms with E-state index < -0.39 is 6.10 Å². The molecule has 0 saturated heterocycles. The average molecular weight is 267 g/mol. The molecular formula is C14H21NO2S. The number of nitrogens with one attached hydrogen (secondary N) is 1. The van der Waals surface area contributed by atoms with Gasteiger partial charge in [0.25, 0.3) is 5.91 Å². The summed E-state index contributed by atoms with van der Waals surface area (Å²) < 4.78 is 0. The minimum Gasteiger partial charge on any atom is -0.391 e. The van der Waals surface area contributed by atoms with Crippen LogP contribution in [0, 0.1) is 0 Å². The van der Waals surface area contributed by atoms with Crippen molar-refractivity contribution in [2.24, 2.45) is 0 Å². The van der Waals surface area contributed by atoms with Gasteiger partial charge in [-0.25, -0.2) is 0 Å². The molecule has 0 radical (unpaired) electrons. The summed E-state index contributed by atoms with van der Waals surface area (Å²) in [6, 6.07) is 7.59. The third-order valence-corrected chi connectivity index (χ3v) is 3.27. The standard InChI is InChI=1S/C14H21NO2S/c1-3-4-13(16)9-15-14(17)12-7-5-11(6-8-12)10-18-2/h5-8,13,16H,3-4,9-10H2,1-2H3,(H,15,17). The number of carbonyl (C=O) groups excluding carboxylic acids is 1. The number of thioether (sulfide) groups is 1. The third kappa shape index (κ3) is 5.10. The first-order valence-corrected chi connectivity index (χ1v) is 7.61. The van der Waals surface area contributed by atoms with Gasteiger partial charge in [0.05, 0.1) is 6.10 Å². The molecule has 0 aliphatic heterocycles. The molecule has 1 aromatic rings. The number of hydrogen-bond acceptors (Lipinski definition) is 3. The third-order valence-electron chi connectivity index (χ3n) is 2.65. The molecule has 0 saturated carbocycles. The number of amides is 1. The van der Waals surface area contributed by atoms with Crippen LogP contribution in [0.2, 0.25) is 0 Å². The minimum absolute atomic E-state index is 0.124. The Hall–Kier alpha value is -1.00. The summed E-state index contributed by atoms with van der Waals surface area (Å²) >= 11 is 1.76. The van der Waals surface area contributed by atoms with Crippen molar-refractivity contribution >= 4 is 17.7 Å². The van der Waals surface area contributed by atoms with Crippen LogP contribution < -0.4 is 5.32 Å². The van der Waals surface area contributed by atoms with Crippen LogP contribution in [0.5, 0.6) is 0 Å². The van der Waals surface area contributed by atoms with Crippen LogP contribution in [0.3, 0.4) is 0 Å². The molecule has 0 aliphatic rings. The summed E-state index contributed by atoms with van der Waals surface area (Å²) in [5.74, 6) is 0.831. The highest BCUT2D eigenvalue weighted by atomic mass is 32.2. The van der Waals surface area contributed by atoms with Gasteiger partial charge in [0.15, 0.2) is 0 Å². The van der Waals surface area contributed by atoms with Crippen molar-refractivity contribution in [1.29, 1.82) is 0 Å². The first kappa shape index (κ1) is 15.1. The summed E-state index contributed by atoms with van der Waals surface area (Å²) in [5.41, 5.74) is 1.86. The monoisotopic (exact) mass is 267 g/mol. The quantitative estimate of drug-likeness (QED) is 0.798. The van der Waals surface area contributed by atoms with Gasteiger partial charge in [0, 0.05) is 17.9 Å². The normalized spacial score (nSPS) is 12.2. The Morgan fingerprint density at radius 1 is 1.39 bits per heavy atom. The van der Waals surface area contributed by atoms with Crippen molar-refractivity contribution in [3.05, 3.63) is 35.4 Å². The number of hydrogen-bond donors (Lipinski definition) is 2. The fourth-order valence-corrected chi connectivity index (χ4v) is 2.19. The van der Waals surface area contributed by atoms with Crippen molar-refractivity contribution in [2.75, 3.05) is 12.8 Å². The maximum absolute atomic E-state index is 11.8. The van der Waals surface area contributed by atoms with Crippen molar-refractivity contribution in [1.82, 2.24) is 5.32 Å². The highest BCUT2D eigenvalue weighted by Crippen LogP contribution is 2.10. The minimum atomic E-state index is -0.449. The molecule has 0 fully saturated rings. The highest BCUT2D eigenvalue weighted by Gasteiger charge is 2.08. The van der Waals surface area contributed by atoms with E-state index in [1.165, 1.54) is 5.56 Å². The molecule has 1 unspecified atom stereocenters. The van der Waals surface area contributed by atoms with E-state index in [9.17, 15) is 9.90 Å². The fraction of sp³-hybridized carbons (Fsp3) is 0.500. The topological polar surface area (TPSA) is 49.3 Å². The lowest BCUT2D eigenvalue weighted by atomic mass is 10.1. The maximum Gasteiger partial charge on any atom is 0.251 e. The van der Waals surface area contributed by atoms with Gasteiger partial charge in [-0.15, -0.1) is 0 Å². The summed E-state index contributed by atoms with van der Waals surface area (Å²) in [6.07, 6.45) is 3.23. The number of benzene rings is 1. The molecule has 4 heteroatoms. The molecule has 2 N–H and O–H groups in total. The molecular weight excluding hydrogens is 246 g/mol. The molecule has 1 rings (SSSR count). The number of aliphatic hydroxyl groups excluding tert-OH is 1. The first-order valence-electron chi connectivity index (χ1n) is 6.21. The van der Waals surface area contributed by atoms with Crippen LogP contribution in [-0.4, -0.2) is 29.9 Å². The highest BCUT2D eigenvalue weighted by molar-refractivity contribution is 7.97. The van der Waals surface area contributed by atoms with Gasteiger partial charge in [-0.2, -0.15) is 11.8 Å². The Morgan fingerprint density at radius 2 is 2.06 bits per heavy atom. The Morgan fingerprint density at radius 3 is 2.61 bits per heavy atom. The Balaban J connectivity index is 2.46. The van der Waals surface area contributed by atoms with Crippen LogP contribution in [0.15, 0.2) is 24.3 Å². The summed E-state index contributed by atoms with van der Waals surface area (Å²) in [4.78, 5) is 11.8. The van der Waals surface area contributed by atoms with E-state index in [1.54, 1.807) is 11.8 Å². The van der Waals surface area contributed by atoms with E-state index in [0.29, 0.717) is 18.5 Å². The summed E-state index contributed by atoms with van der Waals surface area (Å²) in [7, 11) is 0. The van der Waals surface area contributed by atoms with Crippen LogP contribution in [0.1, 0.15) is 35.7 Å². The van der Waals surface area contributed by atoms with Gasteiger partial charge >= 0.3 is 0 Å². The zero-order valence-corrected chi connectivity index (χ0v) is 11.8. The van der Waals surface area contributed by atoms with Gasteiger partial charge in [-0.3, -0.25) is 4.79 Å². The molecule has 100 valence electrons. The largest absolute Gasteiger partial charge is 0.391 e. The molecule has 0 spiro atoms. The smallest absolute Gasteiger partial charge is 0.251 e. The number of rotatable bonds is 7. The molecule has 0 aromatic heterocycles. The first-order chi connectivity index (χ1) is 8.67. The molecule has 0 aliphatic carbocycles. The molecule has 0 bridgehead atoms. The lowest BCUT2D eigenvalue weighted by molar-refractivity contribution is 0.0910. The molecule has 0 heterocycles. The van der Waals surface area contributed by atoms with Crippen molar-refractivity contribution < 1.29 is 9.90 Å². The zero-order chi connectivity index (χ0) is 13.4. The fourth-order valence-electron chi connectivity index (χ4n) is 1.67. The Bertz CT molecular complexity index is 365. The second kappa shape index (κ2) is 8.16. The van der Waals surface area contributed by atoms with Crippen LogP contribution in [0.4, 0.5) is 0 Å². The second-order valence-electron chi connectivity index (χ2n) is 4.28. The second-order valence-corrected chi connectivity index (χ2v) is 5.15. The van der Waals surface area contributed by atoms with E-state index in [4.69, 9.17) is 0 Å². The SMILES string of the molecule is CCCC(O)CNC(=O)c1ccc(CSC)cc1. The van der Waals surface area contributed by atoms with Gasteiger partial charge in [0.2, 0.25) is 0 Å². The van der Waals surface area contributed by atoms with Gasteiger partial charge in [0.1, 0.15) is 0 Å². The van der Waals surface area contributed by atoms with Crippen molar-refractivity contribution in [3.63, 3.8) is 0 Å². The van der Waals surface area contributed by atoms with E-state index in [2.05, 4.69) is 11.6 Å². The van der Waals surface area contributed by atoms with Gasteiger partial charge in [-0.05, 0) is 30.4 Å². The molecule has 1 aromatic carbocycles. The average Bonchev–Trinajstić information content (AvgIpc) is 2.37. The predicted octanol–water partition coefficient (Wildman–Crippen LogP) is 2.44. The van der Waals surface area contributed by atoms with Crippen molar-refractivity contribution in [3.8, 4) is 0 Å². The molecule has 1 atom stereocenters. The molecule has 1 amide bonds. The van der Waals surface area contributed by atoms with Crippen LogP contribution in [-0.2, 0) is 5.75 Å². The van der Waals surface area contributed by atoms with Gasteiger partial charge < -0.3 is 10.4 Å². The van der Waals surface area contributed by atoms with Crippen LogP contribution in [0.25, 0.3) is 0 Å². The van der Waals surface area contributed by atoms with E-state index in [1.807, 2.05) is 31.2 Å². The zero-order valence-electron chi connectivity index (χ0n) is 11.0. The Labute approximate surface area is 113 Å². The molecule has 3 nitrogen and oxygen atoms in total. The summed E-state index contributed by atoms with van der Waals surface area (Å²) in [6.45, 7) is 2.33. The van der Waals surface area contributed by atoms with E-state index >= 15 is 0 Å². The molecule has 18 heavy (non-hydrogen) atoms. The van der Waals surface area contributed by atoms with E-state index in [-0.39, 0.29) is 5.91 Å². The number of carbonyl (C=O) groups is 1. The lowest BCUT2D eigenvalue weighted by Gasteiger charge is -2.10. The van der Waals surface area contributed by atoms with Gasteiger partial charge in [-0.1, -0.05) is 25.5 Å². The Kier molecular flexibility index (Phi) is 6.83. The predicted molar refractivity (Wildman–Crippen MR) is 76.9 cm³/mol.